The quantitative estimate of drug-likeness (QED) is 0.943. The molecule has 0 spiro atoms. The van der Waals surface area contributed by atoms with Gasteiger partial charge in [-0.2, -0.15) is 0 Å². The van der Waals surface area contributed by atoms with Crippen molar-refractivity contribution in [2.75, 3.05) is 13.1 Å². The second kappa shape index (κ2) is 6.32. The third-order valence-corrected chi connectivity index (χ3v) is 4.55. The van der Waals surface area contributed by atoms with Gasteiger partial charge in [-0.1, -0.05) is 19.1 Å². The van der Waals surface area contributed by atoms with E-state index in [-0.39, 0.29) is 5.91 Å². The molecule has 2 atom stereocenters. The van der Waals surface area contributed by atoms with Crippen LogP contribution in [0.15, 0.2) is 43.0 Å². The number of imidazole rings is 1. The number of nitrogens with two attached hydrogens (primary N) is 1. The Hall–Kier alpha value is -2.14. The van der Waals surface area contributed by atoms with E-state index in [0.29, 0.717) is 18.5 Å². The fraction of sp³-hybridized carbons (Fsp3) is 0.412. The maximum Gasteiger partial charge on any atom is 0.253 e. The lowest BCUT2D eigenvalue weighted by Crippen LogP contribution is -2.43. The molecule has 1 saturated heterocycles. The molecule has 3 rings (SSSR count). The normalized spacial score (nSPS) is 21.8. The van der Waals surface area contributed by atoms with Gasteiger partial charge < -0.3 is 15.2 Å². The summed E-state index contributed by atoms with van der Waals surface area (Å²) >= 11 is 0. The molecule has 0 saturated carbocycles. The lowest BCUT2D eigenvalue weighted by atomic mass is 9.93. The van der Waals surface area contributed by atoms with Gasteiger partial charge >= 0.3 is 0 Å². The fourth-order valence-electron chi connectivity index (χ4n) is 3.05. The highest BCUT2D eigenvalue weighted by atomic mass is 16.2. The Kier molecular flexibility index (Phi) is 4.24. The minimum Gasteiger partial charge on any atom is -0.337 e. The predicted molar refractivity (Wildman–Crippen MR) is 85.3 cm³/mol. The van der Waals surface area contributed by atoms with E-state index in [0.717, 1.165) is 30.6 Å². The molecule has 0 bridgehead atoms. The second-order valence-electron chi connectivity index (χ2n) is 6.00. The van der Waals surface area contributed by atoms with E-state index in [1.807, 2.05) is 41.7 Å². The van der Waals surface area contributed by atoms with Crippen LogP contribution in [0.5, 0.6) is 0 Å². The van der Waals surface area contributed by atoms with Gasteiger partial charge in [0.05, 0.1) is 12.4 Å². The summed E-state index contributed by atoms with van der Waals surface area (Å²) in [6.07, 6.45) is 6.62. The van der Waals surface area contributed by atoms with Crippen molar-refractivity contribution in [2.24, 2.45) is 11.7 Å². The average Bonchev–Trinajstić information content (AvgIpc) is 3.09. The highest BCUT2D eigenvalue weighted by Gasteiger charge is 2.30. The van der Waals surface area contributed by atoms with Crippen LogP contribution >= 0.6 is 0 Å². The fourth-order valence-corrected chi connectivity index (χ4v) is 3.05. The molecular weight excluding hydrogens is 276 g/mol. The van der Waals surface area contributed by atoms with E-state index < -0.39 is 0 Å². The zero-order valence-electron chi connectivity index (χ0n) is 12.9. The standard InChI is InChI=1S/C17H22N4O/c1-13-6-8-20(11-16(13)21-9-7-19-12-21)17(22)15-4-2-14(10-18)3-5-15/h2-5,7,9,12-13,16H,6,8,10-11,18H2,1H3. The van der Waals surface area contributed by atoms with Crippen molar-refractivity contribution in [3.8, 4) is 0 Å². The molecule has 22 heavy (non-hydrogen) atoms. The zero-order valence-corrected chi connectivity index (χ0v) is 12.9. The van der Waals surface area contributed by atoms with Crippen molar-refractivity contribution >= 4 is 5.91 Å². The number of hydrogen-bond acceptors (Lipinski definition) is 3. The number of carbonyl (C=O) groups is 1. The average molecular weight is 298 g/mol. The Morgan fingerprint density at radius 3 is 2.77 bits per heavy atom. The summed E-state index contributed by atoms with van der Waals surface area (Å²) < 4.78 is 2.11. The van der Waals surface area contributed by atoms with Crippen LogP contribution < -0.4 is 5.73 Å². The van der Waals surface area contributed by atoms with Crippen molar-refractivity contribution in [1.82, 2.24) is 14.5 Å². The van der Waals surface area contributed by atoms with E-state index in [1.165, 1.54) is 0 Å². The Bertz CT molecular complexity index is 621. The van der Waals surface area contributed by atoms with Crippen LogP contribution in [0.4, 0.5) is 0 Å². The van der Waals surface area contributed by atoms with Crippen molar-refractivity contribution in [3.05, 3.63) is 54.1 Å². The van der Waals surface area contributed by atoms with Gasteiger partial charge in [0.25, 0.3) is 5.91 Å². The number of amides is 1. The van der Waals surface area contributed by atoms with Gasteiger partial charge in [-0.3, -0.25) is 4.79 Å². The van der Waals surface area contributed by atoms with Gasteiger partial charge in [0.2, 0.25) is 0 Å². The van der Waals surface area contributed by atoms with Gasteiger partial charge in [0, 0.05) is 37.6 Å². The van der Waals surface area contributed by atoms with Gasteiger partial charge in [-0.15, -0.1) is 0 Å². The molecular formula is C17H22N4O. The Morgan fingerprint density at radius 2 is 2.14 bits per heavy atom. The molecule has 1 fully saturated rings. The number of rotatable bonds is 3. The first kappa shape index (κ1) is 14.8. The number of hydrogen-bond donors (Lipinski definition) is 1. The first-order chi connectivity index (χ1) is 10.7. The molecule has 2 heterocycles. The Morgan fingerprint density at radius 1 is 1.36 bits per heavy atom. The van der Waals surface area contributed by atoms with Crippen molar-refractivity contribution in [1.29, 1.82) is 0 Å². The first-order valence-electron chi connectivity index (χ1n) is 7.74. The summed E-state index contributed by atoms with van der Waals surface area (Å²) in [5.74, 6) is 0.637. The maximum absolute atomic E-state index is 12.7. The Balaban J connectivity index is 1.75. The highest BCUT2D eigenvalue weighted by molar-refractivity contribution is 5.94. The van der Waals surface area contributed by atoms with Crippen molar-refractivity contribution < 1.29 is 4.79 Å². The monoisotopic (exact) mass is 298 g/mol. The first-order valence-corrected chi connectivity index (χ1v) is 7.74. The number of carbonyl (C=O) groups excluding carboxylic acids is 1. The third-order valence-electron chi connectivity index (χ3n) is 4.55. The van der Waals surface area contributed by atoms with Gasteiger partial charge in [-0.05, 0) is 30.0 Å². The summed E-state index contributed by atoms with van der Waals surface area (Å²) in [5.41, 5.74) is 7.38. The minimum absolute atomic E-state index is 0.0978. The van der Waals surface area contributed by atoms with Crippen LogP contribution in [0.25, 0.3) is 0 Å². The number of piperidine rings is 1. The van der Waals surface area contributed by atoms with Crippen molar-refractivity contribution in [3.63, 3.8) is 0 Å². The lowest BCUT2D eigenvalue weighted by molar-refractivity contribution is 0.0621. The number of likely N-dealkylation sites (tertiary alicyclic amines) is 1. The molecule has 0 aliphatic carbocycles. The molecule has 5 nitrogen and oxygen atoms in total. The minimum atomic E-state index is 0.0978. The Labute approximate surface area is 130 Å². The second-order valence-corrected chi connectivity index (χ2v) is 6.00. The zero-order chi connectivity index (χ0) is 15.5. The highest BCUT2D eigenvalue weighted by Crippen LogP contribution is 2.28. The SMILES string of the molecule is CC1CCN(C(=O)c2ccc(CN)cc2)CC1n1ccnc1. The molecule has 5 heteroatoms. The number of benzene rings is 1. The van der Waals surface area contributed by atoms with E-state index in [2.05, 4.69) is 16.5 Å². The molecule has 2 aromatic rings. The molecule has 0 radical (unpaired) electrons. The van der Waals surface area contributed by atoms with E-state index in [9.17, 15) is 4.79 Å². The molecule has 1 aliphatic heterocycles. The van der Waals surface area contributed by atoms with E-state index >= 15 is 0 Å². The summed E-state index contributed by atoms with van der Waals surface area (Å²) in [4.78, 5) is 18.8. The van der Waals surface area contributed by atoms with Gasteiger partial charge in [-0.25, -0.2) is 4.98 Å². The predicted octanol–water partition coefficient (Wildman–Crippen LogP) is 2.07. The van der Waals surface area contributed by atoms with Crippen molar-refractivity contribution in [2.45, 2.75) is 25.9 Å². The smallest absolute Gasteiger partial charge is 0.253 e. The van der Waals surface area contributed by atoms with Crippen LogP contribution in [0.2, 0.25) is 0 Å². The van der Waals surface area contributed by atoms with Gasteiger partial charge in [0.15, 0.2) is 0 Å². The van der Waals surface area contributed by atoms with Crippen LogP contribution in [-0.2, 0) is 6.54 Å². The molecule has 1 aliphatic rings. The maximum atomic E-state index is 12.7. The summed E-state index contributed by atoms with van der Waals surface area (Å²) in [6, 6.07) is 7.88. The van der Waals surface area contributed by atoms with Gasteiger partial charge in [0.1, 0.15) is 0 Å². The van der Waals surface area contributed by atoms with Crippen LogP contribution in [-0.4, -0.2) is 33.4 Å². The van der Waals surface area contributed by atoms with E-state index in [4.69, 9.17) is 5.73 Å². The molecule has 2 unspecified atom stereocenters. The summed E-state index contributed by atoms with van der Waals surface area (Å²) in [6.45, 7) is 4.28. The summed E-state index contributed by atoms with van der Waals surface area (Å²) in [7, 11) is 0. The number of aromatic nitrogens is 2. The molecule has 1 aromatic carbocycles. The number of nitrogens with zero attached hydrogens (tertiary/aromatic N) is 3. The summed E-state index contributed by atoms with van der Waals surface area (Å²) in [5, 5.41) is 0. The molecule has 1 aromatic heterocycles. The molecule has 116 valence electrons. The molecule has 1 amide bonds. The van der Waals surface area contributed by atoms with Crippen LogP contribution in [0.3, 0.4) is 0 Å². The van der Waals surface area contributed by atoms with Crippen LogP contribution in [0, 0.1) is 5.92 Å². The third kappa shape index (κ3) is 2.90. The topological polar surface area (TPSA) is 64.2 Å². The van der Waals surface area contributed by atoms with E-state index in [1.54, 1.807) is 6.20 Å². The van der Waals surface area contributed by atoms with Crippen LogP contribution in [0.1, 0.15) is 35.3 Å². The molecule has 2 N–H and O–H groups in total. The largest absolute Gasteiger partial charge is 0.337 e. The lowest BCUT2D eigenvalue weighted by Gasteiger charge is -2.37.